The number of aliphatic imine (C=N–C) groups is 1. The molecule has 0 spiro atoms. The van der Waals surface area contributed by atoms with Crippen molar-refractivity contribution in [3.63, 3.8) is 0 Å². The summed E-state index contributed by atoms with van der Waals surface area (Å²) < 4.78 is 1.91. The first-order valence-electron chi connectivity index (χ1n) is 5.11. The van der Waals surface area contributed by atoms with E-state index in [1.165, 1.54) is 0 Å². The van der Waals surface area contributed by atoms with E-state index in [-0.39, 0.29) is 0 Å². The summed E-state index contributed by atoms with van der Waals surface area (Å²) in [6.45, 7) is 3.92. The molecular weight excluding hydrogens is 202 g/mol. The highest BCUT2D eigenvalue weighted by atomic mass is 15.4. The van der Waals surface area contributed by atoms with Crippen LogP contribution >= 0.6 is 0 Å². The van der Waals surface area contributed by atoms with Crippen molar-refractivity contribution >= 4 is 17.6 Å². The van der Waals surface area contributed by atoms with E-state index in [9.17, 15) is 0 Å². The molecular formula is C11H16N5+. The Morgan fingerprint density at radius 3 is 2.38 bits per heavy atom. The minimum Gasteiger partial charge on any atom is -0.357 e. The normalized spacial score (nSPS) is 19.0. The number of benzene rings is 1. The molecule has 84 valence electrons. The van der Waals surface area contributed by atoms with Crippen LogP contribution in [0.2, 0.25) is 0 Å². The molecule has 0 bridgehead atoms. The molecule has 1 aliphatic heterocycles. The van der Waals surface area contributed by atoms with E-state index in [4.69, 9.17) is 11.5 Å². The number of nitrogens with one attached hydrogen (secondary N) is 1. The van der Waals surface area contributed by atoms with Crippen LogP contribution < -0.4 is 16.8 Å². The molecule has 0 aromatic heterocycles. The van der Waals surface area contributed by atoms with Gasteiger partial charge in [0.1, 0.15) is 5.69 Å². The van der Waals surface area contributed by atoms with Crippen molar-refractivity contribution in [3.05, 3.63) is 30.3 Å². The fourth-order valence-corrected chi connectivity index (χ4v) is 1.89. The first kappa shape index (κ1) is 10.5. The van der Waals surface area contributed by atoms with Crippen molar-refractivity contribution in [3.8, 4) is 0 Å². The van der Waals surface area contributed by atoms with Gasteiger partial charge in [0.25, 0.3) is 5.96 Å². The summed E-state index contributed by atoms with van der Waals surface area (Å²) in [4.78, 5) is 4.33. The van der Waals surface area contributed by atoms with E-state index in [2.05, 4.69) is 10.3 Å². The quantitative estimate of drug-likeness (QED) is 0.593. The second-order valence-corrected chi connectivity index (χ2v) is 4.17. The molecule has 0 unspecified atom stereocenters. The zero-order valence-corrected chi connectivity index (χ0v) is 9.44. The summed E-state index contributed by atoms with van der Waals surface area (Å²) in [6, 6.07) is 9.84. The Labute approximate surface area is 94.5 Å². The molecule has 0 fully saturated rings. The van der Waals surface area contributed by atoms with Gasteiger partial charge in [-0.2, -0.15) is 4.99 Å². The second-order valence-electron chi connectivity index (χ2n) is 4.17. The first-order chi connectivity index (χ1) is 7.50. The minimum absolute atomic E-state index is 0.342. The number of hydrogen-bond acceptors (Lipinski definition) is 4. The first-order valence-corrected chi connectivity index (χ1v) is 5.11. The van der Waals surface area contributed by atoms with Crippen molar-refractivity contribution in [1.29, 1.82) is 0 Å². The van der Waals surface area contributed by atoms with Crippen molar-refractivity contribution in [2.45, 2.75) is 19.5 Å². The molecule has 1 heterocycles. The lowest BCUT2D eigenvalue weighted by Crippen LogP contribution is -2.55. The zero-order chi connectivity index (χ0) is 11.8. The molecule has 5 heteroatoms. The average Bonchev–Trinajstić information content (AvgIpc) is 2.15. The smallest absolute Gasteiger partial charge is 0.357 e. The van der Waals surface area contributed by atoms with Gasteiger partial charge in [0.2, 0.25) is 0 Å². The Morgan fingerprint density at radius 2 is 1.81 bits per heavy atom. The van der Waals surface area contributed by atoms with E-state index >= 15 is 0 Å². The number of nitrogens with zero attached hydrogens (tertiary/aromatic N) is 2. The van der Waals surface area contributed by atoms with Crippen molar-refractivity contribution in [2.24, 2.45) is 16.5 Å². The van der Waals surface area contributed by atoms with Crippen LogP contribution in [0, 0.1) is 0 Å². The van der Waals surface area contributed by atoms with Gasteiger partial charge >= 0.3 is 5.96 Å². The number of rotatable bonds is 1. The van der Waals surface area contributed by atoms with E-state index in [0.29, 0.717) is 11.9 Å². The summed E-state index contributed by atoms with van der Waals surface area (Å²) in [5.74, 6) is 0.832. The monoisotopic (exact) mass is 218 g/mol. The Morgan fingerprint density at radius 1 is 1.19 bits per heavy atom. The van der Waals surface area contributed by atoms with Gasteiger partial charge in [0.05, 0.1) is 0 Å². The summed E-state index contributed by atoms with van der Waals surface area (Å²) in [5, 5.41) is 2.83. The summed E-state index contributed by atoms with van der Waals surface area (Å²) in [7, 11) is 0. The lowest BCUT2D eigenvalue weighted by Gasteiger charge is -2.28. The van der Waals surface area contributed by atoms with Gasteiger partial charge in [0.15, 0.2) is 5.66 Å². The predicted molar refractivity (Wildman–Crippen MR) is 64.4 cm³/mol. The summed E-state index contributed by atoms with van der Waals surface area (Å²) in [5.41, 5.74) is 12.1. The SMILES string of the molecule is CC1(C)N=C(N)NC(N)=[N+]1c1ccccc1. The van der Waals surface area contributed by atoms with Crippen LogP contribution in [0.5, 0.6) is 0 Å². The van der Waals surface area contributed by atoms with Gasteiger partial charge in [-0.1, -0.05) is 18.2 Å². The Bertz CT molecular complexity index is 459. The number of nitrogens with two attached hydrogens (primary N) is 2. The second kappa shape index (κ2) is 3.52. The van der Waals surface area contributed by atoms with E-state index in [1.54, 1.807) is 0 Å². The lowest BCUT2D eigenvalue weighted by atomic mass is 10.2. The number of hydrogen-bond donors (Lipinski definition) is 3. The van der Waals surface area contributed by atoms with Crippen LogP contribution in [0.25, 0.3) is 0 Å². The predicted octanol–water partition coefficient (Wildman–Crippen LogP) is 0.299. The third kappa shape index (κ3) is 1.71. The van der Waals surface area contributed by atoms with Crippen molar-refractivity contribution in [2.75, 3.05) is 0 Å². The summed E-state index contributed by atoms with van der Waals surface area (Å²) >= 11 is 0. The van der Waals surface area contributed by atoms with Gasteiger partial charge < -0.3 is 5.73 Å². The van der Waals surface area contributed by atoms with Gasteiger partial charge in [-0.05, 0) is 26.0 Å². The fourth-order valence-electron chi connectivity index (χ4n) is 1.89. The lowest BCUT2D eigenvalue weighted by molar-refractivity contribution is -0.527. The molecule has 5 N–H and O–H groups in total. The molecule has 2 rings (SSSR count). The van der Waals surface area contributed by atoms with Crippen LogP contribution in [0.3, 0.4) is 0 Å². The standard InChI is InChI=1S/C11H15N5/c1-11(2)15-9(12)14-10(13)16(11)8-6-4-3-5-7-8/h3-7H,1-2H3,(H4,12,13,14,15)/p+1. The molecule has 16 heavy (non-hydrogen) atoms. The maximum atomic E-state index is 5.95. The summed E-state index contributed by atoms with van der Waals surface area (Å²) in [6.07, 6.45) is 0. The Kier molecular flexibility index (Phi) is 2.30. The van der Waals surface area contributed by atoms with E-state index in [0.717, 1.165) is 5.69 Å². The van der Waals surface area contributed by atoms with Gasteiger partial charge in [-0.25, -0.2) is 9.89 Å². The maximum absolute atomic E-state index is 5.95. The minimum atomic E-state index is -0.485. The molecule has 0 amide bonds. The van der Waals surface area contributed by atoms with Crippen LogP contribution in [-0.2, 0) is 0 Å². The highest BCUT2D eigenvalue weighted by Gasteiger charge is 2.33. The average molecular weight is 218 g/mol. The van der Waals surface area contributed by atoms with Crippen LogP contribution in [0.4, 0.5) is 5.69 Å². The molecule has 1 aliphatic rings. The molecule has 1 aromatic rings. The number of para-hydroxylation sites is 1. The zero-order valence-electron chi connectivity index (χ0n) is 9.44. The van der Waals surface area contributed by atoms with Crippen molar-refractivity contribution in [1.82, 2.24) is 5.32 Å². The molecule has 0 saturated heterocycles. The van der Waals surface area contributed by atoms with Crippen molar-refractivity contribution < 1.29 is 4.58 Å². The van der Waals surface area contributed by atoms with Gasteiger partial charge in [0, 0.05) is 0 Å². The largest absolute Gasteiger partial charge is 0.357 e. The third-order valence-corrected chi connectivity index (χ3v) is 2.45. The van der Waals surface area contributed by atoms with Gasteiger partial charge in [-0.15, -0.1) is 0 Å². The van der Waals surface area contributed by atoms with Crippen LogP contribution in [0.15, 0.2) is 35.3 Å². The molecule has 0 atom stereocenters. The molecule has 5 nitrogen and oxygen atoms in total. The Hall–Kier alpha value is -2.04. The van der Waals surface area contributed by atoms with Gasteiger partial charge in [-0.3, -0.25) is 5.73 Å². The number of guanidine groups is 2. The third-order valence-electron chi connectivity index (χ3n) is 2.45. The topological polar surface area (TPSA) is 79.4 Å². The molecule has 1 aromatic carbocycles. The van der Waals surface area contributed by atoms with Crippen LogP contribution in [-0.4, -0.2) is 22.2 Å². The highest BCUT2D eigenvalue weighted by Crippen LogP contribution is 2.23. The van der Waals surface area contributed by atoms with E-state index < -0.39 is 5.66 Å². The van der Waals surface area contributed by atoms with Crippen LogP contribution in [0.1, 0.15) is 13.8 Å². The molecule has 0 radical (unpaired) electrons. The van der Waals surface area contributed by atoms with E-state index in [1.807, 2.05) is 48.8 Å². The molecule has 0 aliphatic carbocycles. The fraction of sp³-hybridized carbons (Fsp3) is 0.273. The Balaban J connectivity index is 2.52. The molecule has 0 saturated carbocycles. The highest BCUT2D eigenvalue weighted by molar-refractivity contribution is 5.96. The maximum Gasteiger partial charge on any atom is 0.357 e.